The van der Waals surface area contributed by atoms with Crippen LogP contribution >= 0.6 is 0 Å². The third-order valence-electron chi connectivity index (χ3n) is 5.51. The molecule has 1 aromatic carbocycles. The van der Waals surface area contributed by atoms with E-state index in [2.05, 4.69) is 10.3 Å². The number of pyridine rings is 1. The van der Waals surface area contributed by atoms with Crippen molar-refractivity contribution in [1.29, 1.82) is 0 Å². The second-order valence-electron chi connectivity index (χ2n) is 8.10. The fraction of sp³-hybridized carbons (Fsp3) is 0.435. The second-order valence-corrected chi connectivity index (χ2v) is 8.10. The number of anilines is 1. The first-order valence-corrected chi connectivity index (χ1v) is 11.0. The number of carbonyl (C=O) groups is 2. The number of rotatable bonds is 8. The first kappa shape index (κ1) is 24.0. The Labute approximate surface area is 192 Å². The Morgan fingerprint density at radius 1 is 1.12 bits per heavy atom. The van der Waals surface area contributed by atoms with E-state index in [4.69, 9.17) is 4.74 Å². The maximum Gasteiger partial charge on any atom is 0.287 e. The lowest BCUT2D eigenvalue weighted by atomic mass is 10.0. The van der Waals surface area contributed by atoms with Gasteiger partial charge in [0.2, 0.25) is 5.91 Å². The SMILES string of the molecule is CCOc1ccc(C(=O)NC(C(=O)N2CCN(c3ccc([N+](=O)[O-])cn3)CC2)C(C)C)cc1. The Morgan fingerprint density at radius 3 is 2.30 bits per heavy atom. The van der Waals surface area contributed by atoms with Crippen LogP contribution in [0.15, 0.2) is 42.6 Å². The van der Waals surface area contributed by atoms with E-state index in [1.54, 1.807) is 35.2 Å². The monoisotopic (exact) mass is 455 g/mol. The van der Waals surface area contributed by atoms with Crippen LogP contribution in [0.2, 0.25) is 0 Å². The second kappa shape index (κ2) is 10.8. The molecule has 2 amide bonds. The summed E-state index contributed by atoms with van der Waals surface area (Å²) >= 11 is 0. The minimum atomic E-state index is -0.645. The summed E-state index contributed by atoms with van der Waals surface area (Å²) in [6, 6.07) is 9.21. The molecule has 1 unspecified atom stereocenters. The first-order chi connectivity index (χ1) is 15.8. The standard InChI is InChI=1S/C23H29N5O5/c1-4-33-19-8-5-17(6-9-19)22(29)25-21(16(2)3)23(30)27-13-11-26(12-14-27)20-10-7-18(15-24-20)28(31)32/h5-10,15-16,21H,4,11-14H2,1-3H3,(H,25,29). The van der Waals surface area contributed by atoms with Crippen LogP contribution in [0.5, 0.6) is 5.75 Å². The van der Waals surface area contributed by atoms with Crippen LogP contribution in [-0.4, -0.2) is 65.4 Å². The molecule has 3 rings (SSSR count). The summed E-state index contributed by atoms with van der Waals surface area (Å²) in [7, 11) is 0. The lowest BCUT2D eigenvalue weighted by Gasteiger charge is -2.37. The Morgan fingerprint density at radius 2 is 1.79 bits per heavy atom. The number of nitro groups is 1. The van der Waals surface area contributed by atoms with E-state index in [1.807, 2.05) is 25.7 Å². The number of amides is 2. The first-order valence-electron chi connectivity index (χ1n) is 11.0. The van der Waals surface area contributed by atoms with Crippen molar-refractivity contribution in [3.63, 3.8) is 0 Å². The van der Waals surface area contributed by atoms with Crippen molar-refractivity contribution in [3.8, 4) is 5.75 Å². The predicted molar refractivity (Wildman–Crippen MR) is 123 cm³/mol. The van der Waals surface area contributed by atoms with Gasteiger partial charge in [-0.3, -0.25) is 19.7 Å². The summed E-state index contributed by atoms with van der Waals surface area (Å²) in [5.41, 5.74) is 0.404. The highest BCUT2D eigenvalue weighted by atomic mass is 16.6. The van der Waals surface area contributed by atoms with Crippen LogP contribution in [0.25, 0.3) is 0 Å². The van der Waals surface area contributed by atoms with Gasteiger partial charge in [-0.15, -0.1) is 0 Å². The van der Waals surface area contributed by atoms with Crippen molar-refractivity contribution in [2.75, 3.05) is 37.7 Å². The molecule has 0 saturated carbocycles. The van der Waals surface area contributed by atoms with Crippen molar-refractivity contribution >= 4 is 23.3 Å². The van der Waals surface area contributed by atoms with Crippen LogP contribution in [0.4, 0.5) is 11.5 Å². The van der Waals surface area contributed by atoms with E-state index in [1.165, 1.54) is 12.3 Å². The molecule has 2 heterocycles. The van der Waals surface area contributed by atoms with Gasteiger partial charge in [0.25, 0.3) is 11.6 Å². The molecule has 0 spiro atoms. The molecule has 1 aromatic heterocycles. The van der Waals surface area contributed by atoms with Gasteiger partial charge in [-0.1, -0.05) is 13.8 Å². The number of ether oxygens (including phenoxy) is 1. The van der Waals surface area contributed by atoms with Gasteiger partial charge >= 0.3 is 0 Å². The van der Waals surface area contributed by atoms with E-state index in [-0.39, 0.29) is 23.4 Å². The van der Waals surface area contributed by atoms with Gasteiger partial charge in [0.05, 0.1) is 11.5 Å². The average molecular weight is 456 g/mol. The van der Waals surface area contributed by atoms with Crippen LogP contribution in [0.1, 0.15) is 31.1 Å². The molecule has 1 fully saturated rings. The molecule has 33 heavy (non-hydrogen) atoms. The molecule has 176 valence electrons. The largest absolute Gasteiger partial charge is 0.494 e. The van der Waals surface area contributed by atoms with E-state index < -0.39 is 11.0 Å². The number of nitrogens with one attached hydrogen (secondary N) is 1. The predicted octanol–water partition coefficient (Wildman–Crippen LogP) is 2.49. The molecule has 10 nitrogen and oxygen atoms in total. The van der Waals surface area contributed by atoms with Gasteiger partial charge in [-0.2, -0.15) is 0 Å². The number of benzene rings is 1. The Hall–Kier alpha value is -3.69. The van der Waals surface area contributed by atoms with Gasteiger partial charge in [0.1, 0.15) is 23.8 Å². The van der Waals surface area contributed by atoms with Crippen molar-refractivity contribution in [2.45, 2.75) is 26.8 Å². The third-order valence-corrected chi connectivity index (χ3v) is 5.51. The van der Waals surface area contributed by atoms with Crippen molar-refractivity contribution in [2.24, 2.45) is 5.92 Å². The van der Waals surface area contributed by atoms with Crippen molar-refractivity contribution in [1.82, 2.24) is 15.2 Å². The maximum absolute atomic E-state index is 13.2. The molecule has 2 aromatic rings. The highest BCUT2D eigenvalue weighted by Gasteiger charge is 2.31. The Kier molecular flexibility index (Phi) is 7.81. The molecule has 0 radical (unpaired) electrons. The minimum absolute atomic E-state index is 0.0596. The van der Waals surface area contributed by atoms with Gasteiger partial charge in [-0.05, 0) is 43.2 Å². The lowest BCUT2D eigenvalue weighted by Crippen LogP contribution is -2.56. The molecule has 0 aliphatic carbocycles. The lowest BCUT2D eigenvalue weighted by molar-refractivity contribution is -0.385. The topological polar surface area (TPSA) is 118 Å². The number of nitrogens with zero attached hydrogens (tertiary/aromatic N) is 4. The normalized spacial score (nSPS) is 14.7. The zero-order valence-corrected chi connectivity index (χ0v) is 19.1. The highest BCUT2D eigenvalue weighted by molar-refractivity contribution is 5.97. The van der Waals surface area contributed by atoms with Gasteiger partial charge < -0.3 is 19.9 Å². The molecule has 1 aliphatic heterocycles. The van der Waals surface area contributed by atoms with E-state index in [9.17, 15) is 19.7 Å². The highest BCUT2D eigenvalue weighted by Crippen LogP contribution is 2.19. The van der Waals surface area contributed by atoms with Crippen LogP contribution < -0.4 is 15.0 Å². The fourth-order valence-corrected chi connectivity index (χ4v) is 3.63. The summed E-state index contributed by atoms with van der Waals surface area (Å²) in [5, 5.41) is 13.7. The van der Waals surface area contributed by atoms with Crippen molar-refractivity contribution in [3.05, 3.63) is 58.3 Å². The van der Waals surface area contributed by atoms with Gasteiger partial charge in [0.15, 0.2) is 0 Å². The minimum Gasteiger partial charge on any atom is -0.494 e. The third kappa shape index (κ3) is 5.97. The van der Waals surface area contributed by atoms with E-state index >= 15 is 0 Å². The number of piperazine rings is 1. The summed E-state index contributed by atoms with van der Waals surface area (Å²) in [5.74, 6) is 0.806. The van der Waals surface area contributed by atoms with Crippen LogP contribution in [0.3, 0.4) is 0 Å². The summed E-state index contributed by atoms with van der Waals surface area (Å²) in [4.78, 5) is 44.1. The molecule has 10 heteroatoms. The summed E-state index contributed by atoms with van der Waals surface area (Å²) in [6.07, 6.45) is 1.23. The average Bonchev–Trinajstić information content (AvgIpc) is 2.82. The molecule has 1 saturated heterocycles. The summed E-state index contributed by atoms with van der Waals surface area (Å²) in [6.45, 7) is 8.28. The molecule has 1 aliphatic rings. The number of hydrogen-bond donors (Lipinski definition) is 1. The maximum atomic E-state index is 13.2. The molecule has 1 N–H and O–H groups in total. The molecular weight excluding hydrogens is 426 g/mol. The van der Waals surface area contributed by atoms with Crippen molar-refractivity contribution < 1.29 is 19.2 Å². The Bertz CT molecular complexity index is 970. The molecular formula is C23H29N5O5. The van der Waals surface area contributed by atoms with Crippen LogP contribution in [0, 0.1) is 16.0 Å². The quantitative estimate of drug-likeness (QED) is 0.480. The molecule has 1 atom stereocenters. The molecule has 0 bridgehead atoms. The smallest absolute Gasteiger partial charge is 0.287 e. The zero-order chi connectivity index (χ0) is 24.0. The van der Waals surface area contributed by atoms with Gasteiger partial charge in [0, 0.05) is 37.8 Å². The van der Waals surface area contributed by atoms with Crippen LogP contribution in [-0.2, 0) is 4.79 Å². The number of carbonyl (C=O) groups excluding carboxylic acids is 2. The number of hydrogen-bond acceptors (Lipinski definition) is 7. The summed E-state index contributed by atoms with van der Waals surface area (Å²) < 4.78 is 5.40. The van der Waals surface area contributed by atoms with Gasteiger partial charge in [-0.25, -0.2) is 4.98 Å². The zero-order valence-electron chi connectivity index (χ0n) is 19.1. The Balaban J connectivity index is 1.59. The fourth-order valence-electron chi connectivity index (χ4n) is 3.63. The van der Waals surface area contributed by atoms with E-state index in [0.717, 1.165) is 0 Å². The number of aromatic nitrogens is 1. The van der Waals surface area contributed by atoms with E-state index in [0.29, 0.717) is 49.9 Å².